The van der Waals surface area contributed by atoms with E-state index in [2.05, 4.69) is 15.4 Å². The van der Waals surface area contributed by atoms with E-state index in [1.807, 2.05) is 0 Å². The fourth-order valence-electron chi connectivity index (χ4n) is 1.67. The standard InChI is InChI=1S/C16H22N2O6/c1-9(17-15(22)24-16(2,3)4)13(20)18-11-7-6-10(8-12(11)19)14(21)23-5/h6-9,19H,1-5H3,(H,17,22)(H,18,20)/t9-/m1/s1. The first-order chi connectivity index (χ1) is 11.0. The van der Waals surface area contributed by atoms with Gasteiger partial charge in [0.25, 0.3) is 0 Å². The molecule has 2 amide bonds. The van der Waals surface area contributed by atoms with Crippen molar-refractivity contribution < 1.29 is 29.0 Å². The zero-order valence-electron chi connectivity index (χ0n) is 14.3. The highest BCUT2D eigenvalue weighted by molar-refractivity contribution is 5.98. The first-order valence-corrected chi connectivity index (χ1v) is 7.25. The summed E-state index contributed by atoms with van der Waals surface area (Å²) in [6, 6.07) is 3.04. The molecular formula is C16H22N2O6. The number of rotatable bonds is 4. The summed E-state index contributed by atoms with van der Waals surface area (Å²) in [4.78, 5) is 35.0. The van der Waals surface area contributed by atoms with Crippen molar-refractivity contribution in [1.29, 1.82) is 0 Å². The molecule has 1 rings (SSSR count). The first kappa shape index (κ1) is 19.3. The van der Waals surface area contributed by atoms with E-state index in [0.717, 1.165) is 0 Å². The van der Waals surface area contributed by atoms with Crippen LogP contribution in [0.25, 0.3) is 0 Å². The first-order valence-electron chi connectivity index (χ1n) is 7.25. The van der Waals surface area contributed by atoms with Crippen LogP contribution in [0.3, 0.4) is 0 Å². The lowest BCUT2D eigenvalue weighted by Gasteiger charge is -2.21. The molecule has 0 aliphatic heterocycles. The number of nitrogens with one attached hydrogen (secondary N) is 2. The Morgan fingerprint density at radius 2 is 1.83 bits per heavy atom. The Kier molecular flexibility index (Phi) is 6.16. The Bertz CT molecular complexity index is 636. The molecule has 132 valence electrons. The van der Waals surface area contributed by atoms with E-state index in [9.17, 15) is 19.5 Å². The predicted octanol–water partition coefficient (Wildman–Crippen LogP) is 2.03. The SMILES string of the molecule is COC(=O)c1ccc(NC(=O)[C@@H](C)NC(=O)OC(C)(C)C)c(O)c1. The number of phenols is 1. The van der Waals surface area contributed by atoms with Crippen LogP contribution in [0, 0.1) is 0 Å². The van der Waals surface area contributed by atoms with Crippen molar-refractivity contribution in [3.05, 3.63) is 23.8 Å². The monoisotopic (exact) mass is 338 g/mol. The average molecular weight is 338 g/mol. The number of hydrogen-bond donors (Lipinski definition) is 3. The molecule has 0 aromatic heterocycles. The topological polar surface area (TPSA) is 114 Å². The second-order valence-corrected chi connectivity index (χ2v) is 6.08. The van der Waals surface area contributed by atoms with E-state index in [1.54, 1.807) is 20.8 Å². The molecule has 8 nitrogen and oxygen atoms in total. The summed E-state index contributed by atoms with van der Waals surface area (Å²) in [5.74, 6) is -1.46. The molecule has 8 heteroatoms. The second-order valence-electron chi connectivity index (χ2n) is 6.08. The van der Waals surface area contributed by atoms with Crippen LogP contribution in [-0.2, 0) is 14.3 Å². The number of carbonyl (C=O) groups excluding carboxylic acids is 3. The Labute approximate surface area is 140 Å². The minimum atomic E-state index is -0.889. The summed E-state index contributed by atoms with van der Waals surface area (Å²) in [6.07, 6.45) is -0.726. The van der Waals surface area contributed by atoms with E-state index in [4.69, 9.17) is 4.74 Å². The number of methoxy groups -OCH3 is 1. The lowest BCUT2D eigenvalue weighted by atomic mass is 10.2. The summed E-state index contributed by atoms with van der Waals surface area (Å²) in [5, 5.41) is 14.7. The molecule has 0 aliphatic rings. The maximum Gasteiger partial charge on any atom is 0.408 e. The van der Waals surface area contributed by atoms with Crippen molar-refractivity contribution in [3.8, 4) is 5.75 Å². The van der Waals surface area contributed by atoms with E-state index in [-0.39, 0.29) is 17.0 Å². The lowest BCUT2D eigenvalue weighted by Crippen LogP contribution is -2.43. The number of benzene rings is 1. The summed E-state index contributed by atoms with van der Waals surface area (Å²) in [7, 11) is 1.22. The molecule has 0 aliphatic carbocycles. The smallest absolute Gasteiger partial charge is 0.408 e. The largest absolute Gasteiger partial charge is 0.506 e. The Morgan fingerprint density at radius 1 is 1.21 bits per heavy atom. The maximum absolute atomic E-state index is 12.1. The number of aromatic hydroxyl groups is 1. The van der Waals surface area contributed by atoms with E-state index < -0.39 is 29.6 Å². The number of esters is 1. The molecule has 0 spiro atoms. The second kappa shape index (κ2) is 7.67. The third kappa shape index (κ3) is 5.79. The van der Waals surface area contributed by atoms with E-state index in [0.29, 0.717) is 0 Å². The normalized spacial score (nSPS) is 12.0. The molecule has 0 fully saturated rings. The molecule has 1 aromatic carbocycles. The predicted molar refractivity (Wildman–Crippen MR) is 86.9 cm³/mol. The van der Waals surface area contributed by atoms with Gasteiger partial charge in [-0.05, 0) is 45.9 Å². The number of anilines is 1. The quantitative estimate of drug-likeness (QED) is 0.572. The molecule has 0 saturated heterocycles. The zero-order chi connectivity index (χ0) is 18.5. The number of alkyl carbamates (subject to hydrolysis) is 1. The Morgan fingerprint density at radius 3 is 2.33 bits per heavy atom. The van der Waals surface area contributed by atoms with E-state index >= 15 is 0 Å². The van der Waals surface area contributed by atoms with Gasteiger partial charge in [0.2, 0.25) is 5.91 Å². The highest BCUT2D eigenvalue weighted by Crippen LogP contribution is 2.24. The van der Waals surface area contributed by atoms with Gasteiger partial charge in [0.05, 0.1) is 18.4 Å². The number of amides is 2. The van der Waals surface area contributed by atoms with Crippen LogP contribution in [0.4, 0.5) is 10.5 Å². The van der Waals surface area contributed by atoms with Gasteiger partial charge in [-0.2, -0.15) is 0 Å². The lowest BCUT2D eigenvalue weighted by molar-refractivity contribution is -0.117. The number of carbonyl (C=O) groups is 3. The molecule has 0 radical (unpaired) electrons. The van der Waals surface area contributed by atoms with E-state index in [1.165, 1.54) is 32.2 Å². The molecular weight excluding hydrogens is 316 g/mol. The molecule has 0 bridgehead atoms. The van der Waals surface area contributed by atoms with Crippen molar-refractivity contribution in [3.63, 3.8) is 0 Å². The van der Waals surface area contributed by atoms with Gasteiger partial charge in [0, 0.05) is 0 Å². The third-order valence-electron chi connectivity index (χ3n) is 2.80. The fourth-order valence-corrected chi connectivity index (χ4v) is 1.67. The van der Waals surface area contributed by atoms with Crippen LogP contribution in [0.2, 0.25) is 0 Å². The van der Waals surface area contributed by atoms with Gasteiger partial charge in [-0.1, -0.05) is 0 Å². The molecule has 0 heterocycles. The summed E-state index contributed by atoms with van der Waals surface area (Å²) in [6.45, 7) is 6.59. The number of hydrogen-bond acceptors (Lipinski definition) is 6. The molecule has 24 heavy (non-hydrogen) atoms. The Balaban J connectivity index is 2.70. The van der Waals surface area contributed by atoms with Crippen LogP contribution < -0.4 is 10.6 Å². The van der Waals surface area contributed by atoms with Gasteiger partial charge >= 0.3 is 12.1 Å². The molecule has 3 N–H and O–H groups in total. The van der Waals surface area contributed by atoms with Gasteiger partial charge in [0.1, 0.15) is 17.4 Å². The highest BCUT2D eigenvalue weighted by Gasteiger charge is 2.21. The van der Waals surface area contributed by atoms with Crippen molar-refractivity contribution in [2.45, 2.75) is 39.3 Å². The van der Waals surface area contributed by atoms with Gasteiger partial charge in [-0.3, -0.25) is 4.79 Å². The van der Waals surface area contributed by atoms with Crippen LogP contribution in [0.5, 0.6) is 5.75 Å². The van der Waals surface area contributed by atoms with Gasteiger partial charge in [0.15, 0.2) is 0 Å². The molecule has 1 aromatic rings. The number of phenolic OH excluding ortho intramolecular Hbond substituents is 1. The zero-order valence-corrected chi connectivity index (χ0v) is 14.3. The maximum atomic E-state index is 12.1. The summed E-state index contributed by atoms with van der Waals surface area (Å²) >= 11 is 0. The van der Waals surface area contributed by atoms with Crippen LogP contribution >= 0.6 is 0 Å². The summed E-state index contributed by atoms with van der Waals surface area (Å²) < 4.78 is 9.59. The molecule has 0 unspecified atom stereocenters. The van der Waals surface area contributed by atoms with Crippen molar-refractivity contribution in [2.75, 3.05) is 12.4 Å². The van der Waals surface area contributed by atoms with Crippen molar-refractivity contribution >= 4 is 23.7 Å². The average Bonchev–Trinajstić information content (AvgIpc) is 2.46. The summed E-state index contributed by atoms with van der Waals surface area (Å²) in [5.41, 5.74) is -0.430. The van der Waals surface area contributed by atoms with Gasteiger partial charge < -0.3 is 25.2 Å². The highest BCUT2D eigenvalue weighted by atomic mass is 16.6. The fraction of sp³-hybridized carbons (Fsp3) is 0.438. The molecule has 1 atom stereocenters. The number of ether oxygens (including phenoxy) is 2. The van der Waals surface area contributed by atoms with Gasteiger partial charge in [-0.25, -0.2) is 9.59 Å². The third-order valence-corrected chi connectivity index (χ3v) is 2.80. The van der Waals surface area contributed by atoms with Crippen LogP contribution in [0.1, 0.15) is 38.1 Å². The minimum Gasteiger partial charge on any atom is -0.506 e. The van der Waals surface area contributed by atoms with Gasteiger partial charge in [-0.15, -0.1) is 0 Å². The van der Waals surface area contributed by atoms with Crippen LogP contribution in [0.15, 0.2) is 18.2 Å². The minimum absolute atomic E-state index is 0.102. The van der Waals surface area contributed by atoms with Crippen molar-refractivity contribution in [1.82, 2.24) is 5.32 Å². The molecule has 0 saturated carbocycles. The van der Waals surface area contributed by atoms with Crippen molar-refractivity contribution in [2.24, 2.45) is 0 Å². The Hall–Kier alpha value is -2.77. The van der Waals surface area contributed by atoms with Crippen LogP contribution in [-0.4, -0.2) is 41.8 Å².